The van der Waals surface area contributed by atoms with Gasteiger partial charge in [-0.25, -0.2) is 0 Å². The van der Waals surface area contributed by atoms with Crippen LogP contribution in [0.5, 0.6) is 0 Å². The molecule has 0 aromatic heterocycles. The third kappa shape index (κ3) is 6.37. The number of carboxylic acid groups (broad SMARTS) is 1. The number of likely N-dealkylation sites (N-methyl/N-ethyl adjacent to an activating group) is 1. The molecule has 0 atom stereocenters. The molecule has 0 saturated carbocycles. The number of carboxylic acids is 1. The van der Waals surface area contributed by atoms with Crippen LogP contribution in [-0.4, -0.2) is 35.6 Å². The number of rotatable bonds is 6. The zero-order chi connectivity index (χ0) is 9.56. The van der Waals surface area contributed by atoms with Crippen molar-refractivity contribution in [2.75, 3.05) is 19.6 Å². The van der Waals surface area contributed by atoms with Crippen molar-refractivity contribution < 1.29 is 9.90 Å². The predicted molar refractivity (Wildman–Crippen MR) is 52.4 cm³/mol. The standard InChI is InChI=1S/C8H14BrNO2/c1-3-10(6-7(2)9)5-4-8(11)12/h2-6H2,1H3,(H,11,12). The topological polar surface area (TPSA) is 40.5 Å². The van der Waals surface area contributed by atoms with Gasteiger partial charge in [-0.2, -0.15) is 0 Å². The summed E-state index contributed by atoms with van der Waals surface area (Å²) in [4.78, 5) is 12.3. The molecule has 0 heterocycles. The molecule has 0 unspecified atom stereocenters. The van der Waals surface area contributed by atoms with Gasteiger partial charge in [0.05, 0.1) is 6.42 Å². The summed E-state index contributed by atoms with van der Waals surface area (Å²) < 4.78 is 0.884. The molecule has 1 N–H and O–H groups in total. The van der Waals surface area contributed by atoms with Gasteiger partial charge in [0.2, 0.25) is 0 Å². The maximum Gasteiger partial charge on any atom is 0.304 e. The summed E-state index contributed by atoms with van der Waals surface area (Å²) in [5.41, 5.74) is 0. The van der Waals surface area contributed by atoms with E-state index in [-0.39, 0.29) is 6.42 Å². The molecule has 0 saturated heterocycles. The van der Waals surface area contributed by atoms with E-state index >= 15 is 0 Å². The van der Waals surface area contributed by atoms with E-state index in [0.717, 1.165) is 11.0 Å². The third-order valence-corrected chi connectivity index (χ3v) is 1.74. The molecule has 3 nitrogen and oxygen atoms in total. The molecule has 0 aliphatic carbocycles. The van der Waals surface area contributed by atoms with Crippen molar-refractivity contribution in [3.8, 4) is 0 Å². The van der Waals surface area contributed by atoms with E-state index in [0.29, 0.717) is 13.1 Å². The fraction of sp³-hybridized carbons (Fsp3) is 0.625. The second-order valence-electron chi connectivity index (χ2n) is 2.53. The Labute approximate surface area is 81.2 Å². The first-order valence-corrected chi connectivity index (χ1v) is 4.63. The van der Waals surface area contributed by atoms with Gasteiger partial charge in [-0.15, -0.1) is 0 Å². The molecule has 4 heteroatoms. The molecule has 0 fully saturated rings. The van der Waals surface area contributed by atoms with Crippen LogP contribution in [-0.2, 0) is 4.79 Å². The summed E-state index contributed by atoms with van der Waals surface area (Å²) in [6.07, 6.45) is 0.189. The van der Waals surface area contributed by atoms with Crippen molar-refractivity contribution in [3.63, 3.8) is 0 Å². The van der Waals surface area contributed by atoms with Crippen molar-refractivity contribution in [1.29, 1.82) is 0 Å². The van der Waals surface area contributed by atoms with Crippen LogP contribution in [0.2, 0.25) is 0 Å². The van der Waals surface area contributed by atoms with E-state index in [1.807, 2.05) is 11.8 Å². The summed E-state index contributed by atoms with van der Waals surface area (Å²) in [5.74, 6) is -0.756. The Morgan fingerprint density at radius 2 is 2.25 bits per heavy atom. The monoisotopic (exact) mass is 235 g/mol. The SMILES string of the molecule is C=C(Br)CN(CC)CCC(=O)O. The lowest BCUT2D eigenvalue weighted by Crippen LogP contribution is -2.27. The van der Waals surface area contributed by atoms with Crippen molar-refractivity contribution >= 4 is 21.9 Å². The largest absolute Gasteiger partial charge is 0.481 e. The fourth-order valence-corrected chi connectivity index (χ4v) is 1.20. The Morgan fingerprint density at radius 3 is 2.58 bits per heavy atom. The van der Waals surface area contributed by atoms with Crippen molar-refractivity contribution in [2.24, 2.45) is 0 Å². The summed E-state index contributed by atoms with van der Waals surface area (Å²) in [6.45, 7) is 7.83. The van der Waals surface area contributed by atoms with Crippen LogP contribution in [0.25, 0.3) is 0 Å². The zero-order valence-electron chi connectivity index (χ0n) is 7.22. The highest BCUT2D eigenvalue weighted by molar-refractivity contribution is 9.11. The minimum absolute atomic E-state index is 0.189. The van der Waals surface area contributed by atoms with Crippen molar-refractivity contribution in [1.82, 2.24) is 4.90 Å². The van der Waals surface area contributed by atoms with Gasteiger partial charge in [0, 0.05) is 17.6 Å². The number of nitrogens with zero attached hydrogens (tertiary/aromatic N) is 1. The van der Waals surface area contributed by atoms with E-state index in [1.165, 1.54) is 0 Å². The Hall–Kier alpha value is -0.350. The van der Waals surface area contributed by atoms with Crippen LogP contribution in [0.15, 0.2) is 11.1 Å². The molecule has 12 heavy (non-hydrogen) atoms. The summed E-state index contributed by atoms with van der Waals surface area (Å²) >= 11 is 3.24. The molecule has 0 aromatic rings. The highest BCUT2D eigenvalue weighted by Gasteiger charge is 2.05. The van der Waals surface area contributed by atoms with Crippen LogP contribution < -0.4 is 0 Å². The minimum atomic E-state index is -0.756. The Bertz CT molecular complexity index is 170. The highest BCUT2D eigenvalue weighted by Crippen LogP contribution is 2.04. The molecule has 70 valence electrons. The lowest BCUT2D eigenvalue weighted by atomic mass is 10.3. The molecular formula is C8H14BrNO2. The summed E-state index contributed by atoms with van der Waals surface area (Å²) in [6, 6.07) is 0. The van der Waals surface area contributed by atoms with Gasteiger partial charge in [-0.3, -0.25) is 9.69 Å². The second kappa shape index (κ2) is 6.20. The molecule has 0 aliphatic rings. The van der Waals surface area contributed by atoms with Gasteiger partial charge >= 0.3 is 5.97 Å². The summed E-state index contributed by atoms with van der Waals surface area (Å²) in [5, 5.41) is 8.43. The minimum Gasteiger partial charge on any atom is -0.481 e. The van der Waals surface area contributed by atoms with Gasteiger partial charge in [-0.1, -0.05) is 29.4 Å². The van der Waals surface area contributed by atoms with Gasteiger partial charge in [0.15, 0.2) is 0 Å². The van der Waals surface area contributed by atoms with E-state index in [4.69, 9.17) is 5.11 Å². The molecule has 0 radical (unpaired) electrons. The maximum absolute atomic E-state index is 10.2. The van der Waals surface area contributed by atoms with Gasteiger partial charge in [-0.05, 0) is 6.54 Å². The zero-order valence-corrected chi connectivity index (χ0v) is 8.80. The molecular weight excluding hydrogens is 222 g/mol. The number of halogens is 1. The van der Waals surface area contributed by atoms with E-state index in [2.05, 4.69) is 22.5 Å². The molecule has 0 aromatic carbocycles. The number of hydrogen-bond donors (Lipinski definition) is 1. The predicted octanol–water partition coefficient (Wildman–Crippen LogP) is 1.69. The smallest absolute Gasteiger partial charge is 0.304 e. The van der Waals surface area contributed by atoms with Crippen LogP contribution in [0, 0.1) is 0 Å². The lowest BCUT2D eigenvalue weighted by molar-refractivity contribution is -0.137. The average molecular weight is 236 g/mol. The maximum atomic E-state index is 10.2. The van der Waals surface area contributed by atoms with E-state index < -0.39 is 5.97 Å². The quantitative estimate of drug-likeness (QED) is 0.762. The number of aliphatic carboxylic acids is 1. The second-order valence-corrected chi connectivity index (χ2v) is 3.65. The Balaban J connectivity index is 3.67. The van der Waals surface area contributed by atoms with E-state index in [9.17, 15) is 4.79 Å². The Morgan fingerprint density at radius 1 is 1.67 bits per heavy atom. The normalized spacial score (nSPS) is 10.2. The summed E-state index contributed by atoms with van der Waals surface area (Å²) in [7, 11) is 0. The lowest BCUT2D eigenvalue weighted by Gasteiger charge is -2.18. The molecule has 0 bridgehead atoms. The van der Waals surface area contributed by atoms with Crippen LogP contribution in [0.4, 0.5) is 0 Å². The Kier molecular flexibility index (Phi) is 6.02. The first-order valence-electron chi connectivity index (χ1n) is 3.83. The van der Waals surface area contributed by atoms with Crippen LogP contribution >= 0.6 is 15.9 Å². The first kappa shape index (κ1) is 11.6. The third-order valence-electron chi connectivity index (χ3n) is 1.48. The van der Waals surface area contributed by atoms with Gasteiger partial charge < -0.3 is 5.11 Å². The number of carbonyl (C=O) groups is 1. The molecule has 0 amide bonds. The van der Waals surface area contributed by atoms with Crippen molar-refractivity contribution in [3.05, 3.63) is 11.1 Å². The molecule has 0 rings (SSSR count). The van der Waals surface area contributed by atoms with Crippen LogP contribution in [0.3, 0.4) is 0 Å². The molecule has 0 aliphatic heterocycles. The van der Waals surface area contributed by atoms with Gasteiger partial charge in [0.25, 0.3) is 0 Å². The average Bonchev–Trinajstić information content (AvgIpc) is 1.97. The molecule has 0 spiro atoms. The van der Waals surface area contributed by atoms with Crippen LogP contribution in [0.1, 0.15) is 13.3 Å². The van der Waals surface area contributed by atoms with Crippen molar-refractivity contribution in [2.45, 2.75) is 13.3 Å². The van der Waals surface area contributed by atoms with Gasteiger partial charge in [0.1, 0.15) is 0 Å². The fourth-order valence-electron chi connectivity index (χ4n) is 0.845. The highest BCUT2D eigenvalue weighted by atomic mass is 79.9. The first-order chi connectivity index (χ1) is 5.56. The number of hydrogen-bond acceptors (Lipinski definition) is 2. The van der Waals surface area contributed by atoms with E-state index in [1.54, 1.807) is 0 Å².